The first-order chi connectivity index (χ1) is 18.2. The van der Waals surface area contributed by atoms with E-state index in [0.717, 1.165) is 32.1 Å². The van der Waals surface area contributed by atoms with Crippen molar-refractivity contribution < 1.29 is 19.2 Å². The molecule has 2 rings (SSSR count). The number of pyridine rings is 2. The molecular weight excluding hydrogens is 480 g/mol. The monoisotopic (exact) mass is 522 g/mol. The second-order valence-corrected chi connectivity index (χ2v) is 10.4. The highest BCUT2D eigenvalue weighted by Gasteiger charge is 2.26. The Bertz CT molecular complexity index is 942. The number of aromatic nitrogens is 2. The van der Waals surface area contributed by atoms with Gasteiger partial charge in [0, 0.05) is 61.2 Å². The highest BCUT2D eigenvalue weighted by molar-refractivity contribution is 5.99. The Kier molecular flexibility index (Phi) is 13.3. The number of carbonyl (C=O) groups excluding carboxylic acids is 4. The Hall–Kier alpha value is -3.42. The number of hydrogen-bond donors (Lipinski definition) is 2. The van der Waals surface area contributed by atoms with Gasteiger partial charge in [-0.3, -0.25) is 29.1 Å². The second-order valence-electron chi connectivity index (χ2n) is 10.4. The first-order valence-corrected chi connectivity index (χ1v) is 13.6. The normalized spacial score (nSPS) is 12.7. The minimum absolute atomic E-state index is 0.00607. The first kappa shape index (κ1) is 30.8. The molecule has 0 unspecified atom stereocenters. The van der Waals surface area contributed by atoms with Gasteiger partial charge < -0.3 is 10.6 Å². The van der Waals surface area contributed by atoms with Crippen molar-refractivity contribution in [2.45, 2.75) is 78.7 Å². The van der Waals surface area contributed by atoms with Crippen LogP contribution in [0.5, 0.6) is 0 Å². The molecule has 206 valence electrons. The Morgan fingerprint density at radius 3 is 1.87 bits per heavy atom. The van der Waals surface area contributed by atoms with Gasteiger partial charge in [-0.2, -0.15) is 0 Å². The van der Waals surface area contributed by atoms with Crippen molar-refractivity contribution in [3.05, 3.63) is 60.2 Å². The molecule has 0 radical (unpaired) electrons. The van der Waals surface area contributed by atoms with Gasteiger partial charge in [0.15, 0.2) is 11.6 Å². The molecule has 0 aliphatic carbocycles. The topological polar surface area (TPSA) is 118 Å². The lowest BCUT2D eigenvalue weighted by Crippen LogP contribution is -2.44. The molecule has 0 saturated carbocycles. The van der Waals surface area contributed by atoms with Gasteiger partial charge >= 0.3 is 0 Å². The lowest BCUT2D eigenvalue weighted by atomic mass is 9.88. The number of rotatable bonds is 17. The maximum absolute atomic E-state index is 12.7. The summed E-state index contributed by atoms with van der Waals surface area (Å²) in [5.74, 6) is -0.642. The highest BCUT2D eigenvalue weighted by Crippen LogP contribution is 2.19. The van der Waals surface area contributed by atoms with Gasteiger partial charge in [-0.1, -0.05) is 47.0 Å². The fraction of sp³-hybridized carbons (Fsp3) is 0.533. The molecule has 0 fully saturated rings. The van der Waals surface area contributed by atoms with Crippen LogP contribution in [0.4, 0.5) is 0 Å². The van der Waals surface area contributed by atoms with E-state index in [9.17, 15) is 19.2 Å². The third-order valence-electron chi connectivity index (χ3n) is 6.69. The summed E-state index contributed by atoms with van der Waals surface area (Å²) >= 11 is 0. The molecule has 0 bridgehead atoms. The van der Waals surface area contributed by atoms with E-state index < -0.39 is 6.04 Å². The van der Waals surface area contributed by atoms with Crippen LogP contribution in [-0.2, 0) is 9.59 Å². The molecule has 0 aliphatic heterocycles. The van der Waals surface area contributed by atoms with Gasteiger partial charge in [-0.05, 0) is 48.9 Å². The van der Waals surface area contributed by atoms with Gasteiger partial charge in [0.2, 0.25) is 5.91 Å². The first-order valence-electron chi connectivity index (χ1n) is 13.6. The second kappa shape index (κ2) is 16.4. The third-order valence-corrected chi connectivity index (χ3v) is 6.69. The molecule has 38 heavy (non-hydrogen) atoms. The zero-order chi connectivity index (χ0) is 27.9. The number of nitrogens with zero attached hydrogens (tertiary/aromatic N) is 2. The largest absolute Gasteiger partial charge is 0.356 e. The summed E-state index contributed by atoms with van der Waals surface area (Å²) in [5, 5.41) is 5.86. The smallest absolute Gasteiger partial charge is 0.251 e. The van der Waals surface area contributed by atoms with E-state index in [0.29, 0.717) is 24.1 Å². The predicted octanol–water partition coefficient (Wildman–Crippen LogP) is 4.80. The van der Waals surface area contributed by atoms with Crippen LogP contribution in [0.15, 0.2) is 49.1 Å². The summed E-state index contributed by atoms with van der Waals surface area (Å²) in [6, 6.07) is 6.10. The van der Waals surface area contributed by atoms with Gasteiger partial charge in [0.1, 0.15) is 0 Å². The van der Waals surface area contributed by atoms with E-state index in [1.54, 1.807) is 49.1 Å². The molecule has 8 nitrogen and oxygen atoms in total. The van der Waals surface area contributed by atoms with Crippen LogP contribution in [0.3, 0.4) is 0 Å². The van der Waals surface area contributed by atoms with Gasteiger partial charge in [0.25, 0.3) is 5.91 Å². The fourth-order valence-electron chi connectivity index (χ4n) is 4.29. The molecule has 0 aliphatic rings. The summed E-state index contributed by atoms with van der Waals surface area (Å²) in [6.45, 7) is 8.35. The molecule has 8 heteroatoms. The van der Waals surface area contributed by atoms with Gasteiger partial charge in [-0.15, -0.1) is 0 Å². The summed E-state index contributed by atoms with van der Waals surface area (Å²) in [5.41, 5.74) is 1.07. The van der Waals surface area contributed by atoms with Crippen molar-refractivity contribution in [3.8, 4) is 0 Å². The Morgan fingerprint density at radius 1 is 0.737 bits per heavy atom. The van der Waals surface area contributed by atoms with Crippen LogP contribution in [0.25, 0.3) is 0 Å². The standard InChI is InChI=1S/C30H42N4O4/c1-21(2)25(20-27(36)23-11-16-31-17-12-23)30(38)33-15-9-7-5-6-8-10-26(35)28(22(3)4)34-29(37)24-13-18-32-19-14-24/h11-14,16-19,21-22,25,28H,5-10,15,20H2,1-4H3,(H,33,38)(H,34,37)/t25-,28+/m1/s1. The minimum Gasteiger partial charge on any atom is -0.356 e. The van der Waals surface area contributed by atoms with Crippen molar-refractivity contribution in [3.63, 3.8) is 0 Å². The molecule has 0 aromatic carbocycles. The number of carbonyl (C=O) groups is 4. The number of amides is 2. The van der Waals surface area contributed by atoms with Crippen LogP contribution in [-0.4, -0.2) is 45.9 Å². The van der Waals surface area contributed by atoms with Crippen LogP contribution in [0.1, 0.15) is 93.4 Å². The maximum atomic E-state index is 12.7. The van der Waals surface area contributed by atoms with E-state index in [2.05, 4.69) is 20.6 Å². The molecule has 2 amide bonds. The van der Waals surface area contributed by atoms with E-state index in [1.807, 2.05) is 27.7 Å². The van der Waals surface area contributed by atoms with Crippen molar-refractivity contribution in [1.82, 2.24) is 20.6 Å². The van der Waals surface area contributed by atoms with Crippen LogP contribution < -0.4 is 10.6 Å². The van der Waals surface area contributed by atoms with Crippen LogP contribution in [0, 0.1) is 17.8 Å². The molecule has 0 saturated heterocycles. The minimum atomic E-state index is -0.509. The lowest BCUT2D eigenvalue weighted by molar-refractivity contribution is -0.126. The number of unbranched alkanes of at least 4 members (excludes halogenated alkanes) is 4. The summed E-state index contributed by atoms with van der Waals surface area (Å²) in [7, 11) is 0. The third kappa shape index (κ3) is 10.5. The Balaban J connectivity index is 1.64. The number of hydrogen-bond acceptors (Lipinski definition) is 6. The maximum Gasteiger partial charge on any atom is 0.251 e. The zero-order valence-electron chi connectivity index (χ0n) is 23.1. The fourth-order valence-corrected chi connectivity index (χ4v) is 4.29. The molecule has 2 aromatic rings. The average Bonchev–Trinajstić information content (AvgIpc) is 2.91. The molecule has 2 atom stereocenters. The van der Waals surface area contributed by atoms with Crippen molar-refractivity contribution >= 4 is 23.4 Å². The van der Waals surface area contributed by atoms with E-state index in [1.165, 1.54) is 0 Å². The van der Waals surface area contributed by atoms with Crippen LogP contribution in [0.2, 0.25) is 0 Å². The van der Waals surface area contributed by atoms with Gasteiger partial charge in [-0.25, -0.2) is 0 Å². The van der Waals surface area contributed by atoms with E-state index in [-0.39, 0.29) is 47.6 Å². The zero-order valence-corrected chi connectivity index (χ0v) is 23.1. The summed E-state index contributed by atoms with van der Waals surface area (Å²) in [4.78, 5) is 58.3. The molecule has 2 N–H and O–H groups in total. The van der Waals surface area contributed by atoms with Crippen molar-refractivity contribution in [2.24, 2.45) is 17.8 Å². The lowest BCUT2D eigenvalue weighted by Gasteiger charge is -2.21. The molecule has 0 spiro atoms. The Morgan fingerprint density at radius 2 is 1.29 bits per heavy atom. The number of Topliss-reactive ketones (excluding diaryl/α,β-unsaturated/α-hetero) is 2. The molecular formula is C30H42N4O4. The van der Waals surface area contributed by atoms with Gasteiger partial charge in [0.05, 0.1) is 6.04 Å². The highest BCUT2D eigenvalue weighted by atomic mass is 16.2. The summed E-state index contributed by atoms with van der Waals surface area (Å²) < 4.78 is 0. The number of ketones is 2. The van der Waals surface area contributed by atoms with Crippen molar-refractivity contribution in [2.75, 3.05) is 6.54 Å². The number of nitrogens with one attached hydrogen (secondary N) is 2. The molecule has 2 heterocycles. The average molecular weight is 523 g/mol. The van der Waals surface area contributed by atoms with E-state index in [4.69, 9.17) is 0 Å². The predicted molar refractivity (Wildman–Crippen MR) is 148 cm³/mol. The SMILES string of the molecule is CC(C)[C@H](NC(=O)c1ccncc1)C(=O)CCCCCCCNC(=O)[C@H](CC(=O)c1ccncc1)C(C)C. The summed E-state index contributed by atoms with van der Waals surface area (Å²) in [6.07, 6.45) is 11.3. The molecule has 2 aromatic heterocycles. The van der Waals surface area contributed by atoms with Crippen molar-refractivity contribution in [1.29, 1.82) is 0 Å². The quantitative estimate of drug-likeness (QED) is 0.228. The van der Waals surface area contributed by atoms with Crippen LogP contribution >= 0.6 is 0 Å². The van der Waals surface area contributed by atoms with E-state index >= 15 is 0 Å². The Labute approximate surface area is 226 Å².